The zero-order chi connectivity index (χ0) is 21.0. The predicted molar refractivity (Wildman–Crippen MR) is 116 cm³/mol. The van der Waals surface area contributed by atoms with Crippen molar-refractivity contribution in [3.05, 3.63) is 58.9 Å². The minimum absolute atomic E-state index is 0.0898. The lowest BCUT2D eigenvalue weighted by molar-refractivity contribution is -0.516. The summed E-state index contributed by atoms with van der Waals surface area (Å²) in [5, 5.41) is 23.7. The van der Waals surface area contributed by atoms with E-state index in [0.717, 1.165) is 55.4 Å². The Bertz CT molecular complexity index is 1310. The van der Waals surface area contributed by atoms with Gasteiger partial charge in [0.05, 0.1) is 32.8 Å². The molecule has 0 bridgehead atoms. The lowest BCUT2D eigenvalue weighted by atomic mass is 9.97. The van der Waals surface area contributed by atoms with Crippen molar-refractivity contribution >= 4 is 27.1 Å². The van der Waals surface area contributed by atoms with Crippen LogP contribution in [0.1, 0.15) is 41.1 Å². The summed E-state index contributed by atoms with van der Waals surface area (Å²) in [6.45, 7) is 1.90. The molecule has 1 aliphatic rings. The number of nitrogens with zero attached hydrogens (tertiary/aromatic N) is 1. The van der Waals surface area contributed by atoms with Gasteiger partial charge in [-0.25, -0.2) is 0 Å². The van der Waals surface area contributed by atoms with Crippen LogP contribution in [0.15, 0.2) is 36.5 Å². The summed E-state index contributed by atoms with van der Waals surface area (Å²) in [5.41, 5.74) is 4.90. The monoisotopic (exact) mass is 404 g/mol. The summed E-state index contributed by atoms with van der Waals surface area (Å²) in [6, 6.07) is 10.5. The fraction of sp³-hybridized carbons (Fsp3) is 0.320. The maximum Gasteiger partial charge on any atom is 0.219 e. The second kappa shape index (κ2) is 7.11. The van der Waals surface area contributed by atoms with E-state index < -0.39 is 0 Å². The summed E-state index contributed by atoms with van der Waals surface area (Å²) in [6.07, 6.45) is 4.41. The topological polar surface area (TPSA) is 63.0 Å². The number of ether oxygens (including phenoxy) is 2. The van der Waals surface area contributed by atoms with Crippen LogP contribution in [-0.4, -0.2) is 24.4 Å². The number of rotatable bonds is 5. The van der Waals surface area contributed by atoms with Crippen molar-refractivity contribution in [3.63, 3.8) is 0 Å². The Hall–Kier alpha value is -2.89. The van der Waals surface area contributed by atoms with Crippen molar-refractivity contribution in [3.8, 4) is 11.5 Å². The van der Waals surface area contributed by atoms with E-state index in [1.54, 1.807) is 14.2 Å². The largest absolute Gasteiger partial charge is 0.493 e. The van der Waals surface area contributed by atoms with Gasteiger partial charge in [-0.3, -0.25) is 0 Å². The average molecular weight is 404 g/mol. The minimum atomic E-state index is -0.0948. The van der Waals surface area contributed by atoms with Crippen LogP contribution in [0.3, 0.4) is 0 Å². The number of methoxy groups -OCH3 is 2. The summed E-state index contributed by atoms with van der Waals surface area (Å²) < 4.78 is 13.7. The third-order valence-electron chi connectivity index (χ3n) is 6.41. The Balaban J connectivity index is 1.92. The molecule has 0 radical (unpaired) electrons. The fourth-order valence-corrected chi connectivity index (χ4v) is 4.67. The van der Waals surface area contributed by atoms with Crippen LogP contribution < -0.4 is 13.9 Å². The van der Waals surface area contributed by atoms with Crippen LogP contribution in [-0.2, 0) is 13.2 Å². The van der Waals surface area contributed by atoms with Crippen LogP contribution in [0.25, 0.3) is 27.1 Å². The molecule has 4 aromatic rings. The highest BCUT2D eigenvalue weighted by molar-refractivity contribution is 6.02. The van der Waals surface area contributed by atoms with Crippen LogP contribution in [0.4, 0.5) is 0 Å². The molecular weight excluding hydrogens is 378 g/mol. The Morgan fingerprint density at radius 1 is 0.900 bits per heavy atom. The number of benzene rings is 2. The number of hydrogen-bond acceptors (Lipinski definition) is 4. The maximum atomic E-state index is 9.75. The van der Waals surface area contributed by atoms with Crippen LogP contribution in [0, 0.1) is 6.92 Å². The zero-order valence-corrected chi connectivity index (χ0v) is 17.5. The highest BCUT2D eigenvalue weighted by atomic mass is 16.5. The standard InChI is InChI=1S/C25H26NO4/c1-14-20-9-18(13-28)17(12-27)8-16(20)10-23-22-11-21(15-4-5-15)25(30-3)24(29-2)19(22)6-7-26(14)23/h6-11,15,27-28H,4-5,12-13H2,1-3H3/q+1. The van der Waals surface area contributed by atoms with Gasteiger partial charge in [-0.15, -0.1) is 0 Å². The normalized spacial score (nSPS) is 14.0. The number of pyridine rings is 2. The second-order valence-electron chi connectivity index (χ2n) is 8.09. The smallest absolute Gasteiger partial charge is 0.219 e. The maximum absolute atomic E-state index is 9.75. The first-order valence-electron chi connectivity index (χ1n) is 10.3. The Kier molecular flexibility index (Phi) is 4.53. The molecule has 154 valence electrons. The molecule has 5 rings (SSSR count). The molecule has 0 aliphatic heterocycles. The quantitative estimate of drug-likeness (QED) is 0.301. The number of hydrogen-bond donors (Lipinski definition) is 2. The van der Waals surface area contributed by atoms with Gasteiger partial charge in [0.25, 0.3) is 0 Å². The van der Waals surface area contributed by atoms with E-state index >= 15 is 0 Å². The number of aromatic nitrogens is 1. The van der Waals surface area contributed by atoms with E-state index in [9.17, 15) is 10.2 Å². The summed E-state index contributed by atoms with van der Waals surface area (Å²) in [5.74, 6) is 2.14. The lowest BCUT2D eigenvalue weighted by Crippen LogP contribution is -2.26. The highest BCUT2D eigenvalue weighted by Gasteiger charge is 2.31. The van der Waals surface area contributed by atoms with Gasteiger partial charge in [0.15, 0.2) is 23.4 Å². The fourth-order valence-electron chi connectivity index (χ4n) is 4.67. The van der Waals surface area contributed by atoms with E-state index in [0.29, 0.717) is 5.92 Å². The molecule has 1 aliphatic carbocycles. The van der Waals surface area contributed by atoms with Crippen LogP contribution in [0.5, 0.6) is 11.5 Å². The third-order valence-corrected chi connectivity index (χ3v) is 6.41. The van der Waals surface area contributed by atoms with Crippen molar-refractivity contribution in [1.82, 2.24) is 0 Å². The SMILES string of the molecule is COc1c(C2CC2)cc2c(cc[n+]3c(C)c4cc(CO)c(CO)cc4cc23)c1OC. The zero-order valence-electron chi connectivity index (χ0n) is 17.5. The van der Waals surface area contributed by atoms with Gasteiger partial charge in [-0.05, 0) is 53.5 Å². The second-order valence-corrected chi connectivity index (χ2v) is 8.09. The Morgan fingerprint density at radius 2 is 1.60 bits per heavy atom. The predicted octanol–water partition coefficient (Wildman–Crippen LogP) is 3.92. The third kappa shape index (κ3) is 2.73. The molecular formula is C25H26NO4+. The lowest BCUT2D eigenvalue weighted by Gasteiger charge is -2.16. The summed E-state index contributed by atoms with van der Waals surface area (Å²) in [7, 11) is 3.40. The van der Waals surface area contributed by atoms with E-state index in [1.165, 1.54) is 18.4 Å². The van der Waals surface area contributed by atoms with E-state index in [4.69, 9.17) is 9.47 Å². The van der Waals surface area contributed by atoms with Crippen LogP contribution >= 0.6 is 0 Å². The number of fused-ring (bicyclic) bond motifs is 4. The molecule has 30 heavy (non-hydrogen) atoms. The van der Waals surface area contributed by atoms with E-state index in [2.05, 4.69) is 35.7 Å². The van der Waals surface area contributed by atoms with Crippen molar-refractivity contribution < 1.29 is 24.1 Å². The van der Waals surface area contributed by atoms with Crippen molar-refractivity contribution in [2.75, 3.05) is 14.2 Å². The molecule has 2 aromatic heterocycles. The molecule has 0 saturated heterocycles. The van der Waals surface area contributed by atoms with Gasteiger partial charge in [-0.1, -0.05) is 0 Å². The van der Waals surface area contributed by atoms with Crippen LogP contribution in [0.2, 0.25) is 0 Å². The van der Waals surface area contributed by atoms with Crippen molar-refractivity contribution in [2.45, 2.75) is 38.9 Å². The molecule has 0 spiro atoms. The molecule has 2 aromatic carbocycles. The van der Waals surface area contributed by atoms with Gasteiger partial charge in [0.2, 0.25) is 5.52 Å². The molecule has 0 unspecified atom stereocenters. The van der Waals surface area contributed by atoms with E-state index in [-0.39, 0.29) is 13.2 Å². The van der Waals surface area contributed by atoms with Crippen molar-refractivity contribution in [1.29, 1.82) is 0 Å². The Labute approximate surface area is 175 Å². The molecule has 0 atom stereocenters. The molecule has 5 nitrogen and oxygen atoms in total. The first-order valence-corrected chi connectivity index (χ1v) is 10.3. The summed E-state index contributed by atoms with van der Waals surface area (Å²) in [4.78, 5) is 0. The average Bonchev–Trinajstić information content (AvgIpc) is 3.62. The van der Waals surface area contributed by atoms with Gasteiger partial charge < -0.3 is 19.7 Å². The molecule has 0 amide bonds. The Morgan fingerprint density at radius 3 is 2.23 bits per heavy atom. The summed E-state index contributed by atoms with van der Waals surface area (Å²) >= 11 is 0. The molecule has 1 saturated carbocycles. The van der Waals surface area contributed by atoms with Gasteiger partial charge in [0, 0.05) is 35.4 Å². The van der Waals surface area contributed by atoms with Crippen molar-refractivity contribution in [2.24, 2.45) is 0 Å². The first kappa shape index (κ1) is 19.1. The highest BCUT2D eigenvalue weighted by Crippen LogP contribution is 2.50. The number of aliphatic hydroxyl groups is 2. The minimum Gasteiger partial charge on any atom is -0.493 e. The number of aryl methyl sites for hydroxylation is 1. The van der Waals surface area contributed by atoms with E-state index in [1.807, 2.05) is 12.1 Å². The number of aliphatic hydroxyl groups excluding tert-OH is 2. The van der Waals surface area contributed by atoms with Gasteiger partial charge in [-0.2, -0.15) is 4.40 Å². The van der Waals surface area contributed by atoms with Gasteiger partial charge >= 0.3 is 0 Å². The first-order chi connectivity index (χ1) is 14.6. The molecule has 1 fully saturated rings. The molecule has 2 heterocycles. The molecule has 5 heteroatoms. The molecule has 2 N–H and O–H groups in total. The van der Waals surface area contributed by atoms with Gasteiger partial charge in [0.1, 0.15) is 0 Å².